The van der Waals surface area contributed by atoms with Crippen molar-refractivity contribution in [1.29, 1.82) is 0 Å². The lowest BCUT2D eigenvalue weighted by atomic mass is 9.99. The van der Waals surface area contributed by atoms with Gasteiger partial charge in [-0.3, -0.25) is 19.0 Å². The van der Waals surface area contributed by atoms with Crippen LogP contribution in [0.4, 0.5) is 15.9 Å². The molecule has 3 heterocycles. The molecule has 1 aliphatic rings. The Kier molecular flexibility index (Phi) is 7.26. The van der Waals surface area contributed by atoms with E-state index in [1.807, 2.05) is 19.1 Å². The second kappa shape index (κ2) is 11.2. The van der Waals surface area contributed by atoms with Gasteiger partial charge < -0.3 is 15.2 Å². The van der Waals surface area contributed by atoms with Crippen LogP contribution in [-0.4, -0.2) is 26.9 Å². The van der Waals surface area contributed by atoms with E-state index < -0.39 is 11.4 Å². The summed E-state index contributed by atoms with van der Waals surface area (Å²) in [6, 6.07) is 15.5. The van der Waals surface area contributed by atoms with E-state index >= 15 is 4.39 Å². The smallest absolute Gasteiger partial charge is 0.274 e. The number of fused-ring (bicyclic) bond motifs is 1. The summed E-state index contributed by atoms with van der Waals surface area (Å²) in [4.78, 5) is 43.5. The maximum atomic E-state index is 15.2. The van der Waals surface area contributed by atoms with Crippen LogP contribution in [0.3, 0.4) is 0 Å². The molecule has 2 N–H and O–H groups in total. The molecular formula is C33H30FN5O3. The first-order chi connectivity index (χ1) is 20.4. The number of aryl methyl sites for hydroxylation is 1. The molecule has 0 aliphatic heterocycles. The zero-order valence-corrected chi connectivity index (χ0v) is 23.4. The molecule has 6 rings (SSSR count). The number of nitrogens with zero attached hydrogens (tertiary/aromatic N) is 3. The Bertz CT molecular complexity index is 1940. The molecule has 0 radical (unpaired) electrons. The van der Waals surface area contributed by atoms with Gasteiger partial charge in [0.1, 0.15) is 17.3 Å². The third-order valence-electron chi connectivity index (χ3n) is 7.65. The van der Waals surface area contributed by atoms with Gasteiger partial charge in [-0.2, -0.15) is 0 Å². The van der Waals surface area contributed by atoms with Crippen molar-refractivity contribution in [2.24, 2.45) is 7.05 Å². The molecule has 0 saturated heterocycles. The summed E-state index contributed by atoms with van der Waals surface area (Å²) in [5.41, 5.74) is 3.06. The monoisotopic (exact) mass is 563 g/mol. The molecule has 1 fully saturated rings. The molecule has 3 aromatic heterocycles. The van der Waals surface area contributed by atoms with Crippen LogP contribution >= 0.6 is 0 Å². The van der Waals surface area contributed by atoms with Crippen molar-refractivity contribution in [2.75, 3.05) is 11.9 Å². The number of hydrogen-bond donors (Lipinski definition) is 2. The van der Waals surface area contributed by atoms with Gasteiger partial charge in [-0.25, -0.2) is 9.37 Å². The van der Waals surface area contributed by atoms with Gasteiger partial charge in [-0.15, -0.1) is 0 Å². The van der Waals surface area contributed by atoms with Crippen LogP contribution in [-0.2, 0) is 13.6 Å². The summed E-state index contributed by atoms with van der Waals surface area (Å²) in [6.07, 6.45) is 7.68. The van der Waals surface area contributed by atoms with E-state index in [2.05, 4.69) is 15.6 Å². The highest BCUT2D eigenvalue weighted by Gasteiger charge is 2.25. The second-order valence-corrected chi connectivity index (χ2v) is 10.6. The molecular weight excluding hydrogens is 533 g/mol. The Morgan fingerprint density at radius 1 is 1.07 bits per heavy atom. The fraction of sp³-hybridized carbons (Fsp3) is 0.212. The van der Waals surface area contributed by atoms with Gasteiger partial charge in [0.05, 0.1) is 11.1 Å². The molecule has 9 heteroatoms. The van der Waals surface area contributed by atoms with Gasteiger partial charge in [0.2, 0.25) is 0 Å². The quantitative estimate of drug-likeness (QED) is 0.232. The van der Waals surface area contributed by atoms with Crippen molar-refractivity contribution >= 4 is 28.6 Å². The van der Waals surface area contributed by atoms with Gasteiger partial charge in [-0.05, 0) is 77.7 Å². The Balaban J connectivity index is 1.40. The summed E-state index contributed by atoms with van der Waals surface area (Å²) >= 11 is 0. The lowest BCUT2D eigenvalue weighted by molar-refractivity contribution is 0.112. The number of carbonyl (C=O) groups excluding carboxylic acids is 1. The number of aromatic nitrogens is 3. The fourth-order valence-electron chi connectivity index (χ4n) is 5.29. The van der Waals surface area contributed by atoms with Crippen molar-refractivity contribution in [3.63, 3.8) is 0 Å². The van der Waals surface area contributed by atoms with Crippen LogP contribution < -0.4 is 21.8 Å². The van der Waals surface area contributed by atoms with E-state index in [4.69, 9.17) is 0 Å². The molecule has 1 aliphatic carbocycles. The lowest BCUT2D eigenvalue weighted by Gasteiger charge is -2.16. The molecule has 1 saturated carbocycles. The molecule has 0 spiro atoms. The van der Waals surface area contributed by atoms with Gasteiger partial charge in [-0.1, -0.05) is 31.2 Å². The molecule has 0 atom stereocenters. The summed E-state index contributed by atoms with van der Waals surface area (Å²) in [7, 11) is 1.63. The van der Waals surface area contributed by atoms with E-state index in [-0.39, 0.29) is 22.2 Å². The number of anilines is 2. The zero-order chi connectivity index (χ0) is 29.4. The highest BCUT2D eigenvalue weighted by atomic mass is 19.1. The van der Waals surface area contributed by atoms with Crippen molar-refractivity contribution in [3.05, 3.63) is 116 Å². The van der Waals surface area contributed by atoms with E-state index in [1.54, 1.807) is 62.0 Å². The summed E-state index contributed by atoms with van der Waals surface area (Å²) in [5, 5.41) is 6.87. The summed E-state index contributed by atoms with van der Waals surface area (Å²) < 4.78 is 17.9. The molecule has 0 bridgehead atoms. The standard InChI is InChI=1S/C33H30FN5O3/c1-3-35-16-20-7-10-30(36-17-20)37-28-15-24(18-38(2)32(28)41)25-5-4-6-29(26(25)19-40)39-12-11-22-13-23(21-8-9-21)14-27(34)31(22)33(39)42/h4-7,10-15,17-19,21,35H,3,8-9,16H2,1-2H3,(H,36,37). The maximum absolute atomic E-state index is 15.2. The normalized spacial score (nSPS) is 12.9. The number of pyridine rings is 3. The predicted octanol–water partition coefficient (Wildman–Crippen LogP) is 5.43. The minimum atomic E-state index is -0.561. The maximum Gasteiger partial charge on any atom is 0.274 e. The largest absolute Gasteiger partial charge is 0.336 e. The van der Waals surface area contributed by atoms with E-state index in [9.17, 15) is 14.4 Å². The number of nitrogens with one attached hydrogen (secondary N) is 2. The van der Waals surface area contributed by atoms with Crippen molar-refractivity contribution in [3.8, 4) is 16.8 Å². The number of halogens is 1. The SMILES string of the molecule is CCNCc1ccc(Nc2cc(-c3cccc(-n4ccc5cc(C6CC6)cc(F)c5c4=O)c3C=O)cn(C)c2=O)nc1. The Morgan fingerprint density at radius 3 is 2.62 bits per heavy atom. The minimum Gasteiger partial charge on any atom is -0.336 e. The molecule has 0 amide bonds. The van der Waals surface area contributed by atoms with Crippen LogP contribution in [0, 0.1) is 5.82 Å². The molecule has 212 valence electrons. The second-order valence-electron chi connectivity index (χ2n) is 10.6. The number of benzene rings is 2. The number of rotatable bonds is 9. The molecule has 42 heavy (non-hydrogen) atoms. The minimum absolute atomic E-state index is 0.0123. The average molecular weight is 564 g/mol. The topological polar surface area (TPSA) is 98.0 Å². The van der Waals surface area contributed by atoms with E-state index in [0.29, 0.717) is 46.8 Å². The van der Waals surface area contributed by atoms with Crippen LogP contribution in [0.15, 0.2) is 82.8 Å². The Labute approximate surface area is 241 Å². The summed E-state index contributed by atoms with van der Waals surface area (Å²) in [5.74, 6) is 0.294. The van der Waals surface area contributed by atoms with Gasteiger partial charge in [0, 0.05) is 43.3 Å². The van der Waals surface area contributed by atoms with Crippen LogP contribution in [0.1, 0.15) is 47.2 Å². The molecule has 5 aromatic rings. The van der Waals surface area contributed by atoms with Crippen molar-refractivity contribution in [2.45, 2.75) is 32.2 Å². The van der Waals surface area contributed by atoms with E-state index in [1.165, 1.54) is 15.2 Å². The fourth-order valence-corrected chi connectivity index (χ4v) is 5.29. The predicted molar refractivity (Wildman–Crippen MR) is 162 cm³/mol. The summed E-state index contributed by atoms with van der Waals surface area (Å²) in [6.45, 7) is 3.57. The molecule has 8 nitrogen and oxygen atoms in total. The average Bonchev–Trinajstić information content (AvgIpc) is 3.84. The Hall–Kier alpha value is -4.89. The van der Waals surface area contributed by atoms with Gasteiger partial charge in [0.25, 0.3) is 11.1 Å². The van der Waals surface area contributed by atoms with Gasteiger partial charge >= 0.3 is 0 Å². The first-order valence-corrected chi connectivity index (χ1v) is 13.9. The van der Waals surface area contributed by atoms with Crippen LogP contribution in [0.5, 0.6) is 0 Å². The van der Waals surface area contributed by atoms with Crippen molar-refractivity contribution < 1.29 is 9.18 Å². The lowest BCUT2D eigenvalue weighted by Crippen LogP contribution is -2.21. The first-order valence-electron chi connectivity index (χ1n) is 13.9. The van der Waals surface area contributed by atoms with Crippen molar-refractivity contribution in [1.82, 2.24) is 19.4 Å². The van der Waals surface area contributed by atoms with Crippen LogP contribution in [0.25, 0.3) is 27.6 Å². The first kappa shape index (κ1) is 27.3. The third kappa shape index (κ3) is 5.14. The molecule has 2 aromatic carbocycles. The van der Waals surface area contributed by atoms with Gasteiger partial charge in [0.15, 0.2) is 6.29 Å². The highest BCUT2D eigenvalue weighted by molar-refractivity contribution is 5.93. The highest BCUT2D eigenvalue weighted by Crippen LogP contribution is 2.41. The van der Waals surface area contributed by atoms with Crippen LogP contribution in [0.2, 0.25) is 0 Å². The number of aldehydes is 1. The number of hydrogen-bond acceptors (Lipinski definition) is 6. The zero-order valence-electron chi connectivity index (χ0n) is 23.4. The molecule has 0 unspecified atom stereocenters. The Morgan fingerprint density at radius 2 is 1.90 bits per heavy atom. The number of carbonyl (C=O) groups is 1. The third-order valence-corrected chi connectivity index (χ3v) is 7.65. The van der Waals surface area contributed by atoms with E-state index in [0.717, 1.165) is 30.5 Å².